The van der Waals surface area contributed by atoms with Crippen LogP contribution in [0.5, 0.6) is 5.75 Å². The van der Waals surface area contributed by atoms with Crippen molar-refractivity contribution in [1.29, 1.82) is 0 Å². The Bertz CT molecular complexity index is 952. The van der Waals surface area contributed by atoms with Crippen LogP contribution in [-0.2, 0) is 0 Å². The summed E-state index contributed by atoms with van der Waals surface area (Å²) >= 11 is 0. The molecule has 1 aliphatic heterocycles. The molecule has 4 rings (SSSR count). The zero-order valence-electron chi connectivity index (χ0n) is 16.0. The number of hydrogen-bond donors (Lipinski definition) is 1. The number of para-hydroxylation sites is 2. The number of nitrogens with zero attached hydrogens (tertiary/aromatic N) is 2. The molecule has 0 bridgehead atoms. The summed E-state index contributed by atoms with van der Waals surface area (Å²) in [7, 11) is 1.68. The number of hydrogen-bond acceptors (Lipinski definition) is 3. The lowest BCUT2D eigenvalue weighted by atomic mass is 10.1. The first-order chi connectivity index (χ1) is 13.6. The Balaban J connectivity index is 1.54. The second kappa shape index (κ2) is 7.54. The van der Waals surface area contributed by atoms with Crippen LogP contribution in [0.2, 0.25) is 0 Å². The lowest BCUT2D eigenvalue weighted by Gasteiger charge is -2.42. The van der Waals surface area contributed by atoms with Crippen molar-refractivity contribution in [1.82, 2.24) is 4.98 Å². The van der Waals surface area contributed by atoms with E-state index in [4.69, 9.17) is 4.74 Å². The van der Waals surface area contributed by atoms with Crippen molar-refractivity contribution in [2.24, 2.45) is 0 Å². The highest BCUT2D eigenvalue weighted by Crippen LogP contribution is 2.32. The third kappa shape index (κ3) is 3.30. The van der Waals surface area contributed by atoms with Gasteiger partial charge in [0.25, 0.3) is 0 Å². The van der Waals surface area contributed by atoms with Crippen LogP contribution in [0.15, 0.2) is 54.6 Å². The number of aromatic amines is 1. The summed E-state index contributed by atoms with van der Waals surface area (Å²) < 4.78 is 33.7. The van der Waals surface area contributed by atoms with Gasteiger partial charge in [-0.2, -0.15) is 0 Å². The minimum absolute atomic E-state index is 0.0194. The minimum atomic E-state index is -0.567. The topological polar surface area (TPSA) is 31.5 Å². The van der Waals surface area contributed by atoms with Crippen molar-refractivity contribution in [2.45, 2.75) is 13.0 Å². The van der Waals surface area contributed by atoms with E-state index in [0.717, 1.165) is 36.9 Å². The molecule has 0 saturated carbocycles. The first-order valence-corrected chi connectivity index (χ1v) is 9.36. The molecule has 3 aromatic rings. The molecule has 1 fully saturated rings. The normalized spacial score (nSPS) is 17.1. The van der Waals surface area contributed by atoms with E-state index < -0.39 is 11.6 Å². The largest absolute Gasteiger partial charge is 0.495 e. The van der Waals surface area contributed by atoms with Gasteiger partial charge in [-0.25, -0.2) is 8.78 Å². The Kier molecular flexibility index (Phi) is 4.94. The van der Waals surface area contributed by atoms with Gasteiger partial charge in [0.15, 0.2) is 0 Å². The second-order valence-electron chi connectivity index (χ2n) is 7.01. The number of methoxy groups -OCH3 is 1. The van der Waals surface area contributed by atoms with Crippen molar-refractivity contribution in [3.63, 3.8) is 0 Å². The first kappa shape index (κ1) is 18.3. The Morgan fingerprint density at radius 2 is 1.71 bits per heavy atom. The first-order valence-electron chi connectivity index (χ1n) is 9.36. The summed E-state index contributed by atoms with van der Waals surface area (Å²) in [4.78, 5) is 7.73. The highest BCUT2D eigenvalue weighted by molar-refractivity contribution is 5.65. The molecule has 1 unspecified atom stereocenters. The zero-order valence-corrected chi connectivity index (χ0v) is 16.0. The smallest absolute Gasteiger partial charge is 0.142 e. The van der Waals surface area contributed by atoms with E-state index in [1.54, 1.807) is 13.2 Å². The second-order valence-corrected chi connectivity index (χ2v) is 7.01. The molecule has 146 valence electrons. The van der Waals surface area contributed by atoms with E-state index in [0.29, 0.717) is 5.69 Å². The van der Waals surface area contributed by atoms with Gasteiger partial charge in [-0.1, -0.05) is 18.2 Å². The average molecular weight is 383 g/mol. The van der Waals surface area contributed by atoms with Crippen LogP contribution >= 0.6 is 0 Å². The van der Waals surface area contributed by atoms with E-state index in [1.165, 1.54) is 18.2 Å². The molecule has 28 heavy (non-hydrogen) atoms. The monoisotopic (exact) mass is 383 g/mol. The number of ether oxygens (including phenoxy) is 1. The molecule has 1 atom stereocenters. The quantitative estimate of drug-likeness (QED) is 0.710. The summed E-state index contributed by atoms with van der Waals surface area (Å²) in [6.07, 6.45) is 0. The Hall–Kier alpha value is -3.02. The minimum Gasteiger partial charge on any atom is -0.495 e. The molecule has 0 radical (unpaired) electrons. The Morgan fingerprint density at radius 3 is 2.43 bits per heavy atom. The molecule has 6 heteroatoms. The fourth-order valence-electron chi connectivity index (χ4n) is 3.88. The van der Waals surface area contributed by atoms with Crippen LogP contribution in [0.1, 0.15) is 6.92 Å². The van der Waals surface area contributed by atoms with Gasteiger partial charge in [0.05, 0.1) is 24.1 Å². The third-order valence-electron chi connectivity index (χ3n) is 5.27. The van der Waals surface area contributed by atoms with Crippen molar-refractivity contribution in [3.8, 4) is 17.0 Å². The van der Waals surface area contributed by atoms with Gasteiger partial charge < -0.3 is 19.5 Å². The van der Waals surface area contributed by atoms with Crippen LogP contribution in [0.3, 0.4) is 0 Å². The van der Waals surface area contributed by atoms with Crippen LogP contribution in [0, 0.1) is 11.6 Å². The lowest BCUT2D eigenvalue weighted by molar-refractivity contribution is 0.412. The van der Waals surface area contributed by atoms with Crippen LogP contribution in [0.25, 0.3) is 11.3 Å². The number of aromatic nitrogens is 1. The summed E-state index contributed by atoms with van der Waals surface area (Å²) in [5.41, 5.74) is 1.51. The summed E-state index contributed by atoms with van der Waals surface area (Å²) in [6.45, 7) is 4.58. The van der Waals surface area contributed by atoms with Crippen LogP contribution < -0.4 is 14.5 Å². The number of anilines is 2. The molecule has 2 aromatic carbocycles. The van der Waals surface area contributed by atoms with E-state index in [9.17, 15) is 8.78 Å². The van der Waals surface area contributed by atoms with Crippen LogP contribution in [0.4, 0.5) is 20.3 Å². The van der Waals surface area contributed by atoms with Crippen molar-refractivity contribution < 1.29 is 13.5 Å². The van der Waals surface area contributed by atoms with Gasteiger partial charge in [-0.3, -0.25) is 0 Å². The zero-order chi connectivity index (χ0) is 19.7. The summed E-state index contributed by atoms with van der Waals surface area (Å²) in [6, 6.07) is 15.8. The molecular formula is C22H23F2N3O. The number of nitrogens with one attached hydrogen (secondary N) is 1. The fraction of sp³-hybridized carbons (Fsp3) is 0.273. The highest BCUT2D eigenvalue weighted by atomic mass is 19.1. The molecule has 1 saturated heterocycles. The van der Waals surface area contributed by atoms with Crippen LogP contribution in [-0.4, -0.2) is 37.8 Å². The number of H-pyrrole nitrogens is 1. The number of benzene rings is 2. The number of rotatable bonds is 4. The van der Waals surface area contributed by atoms with Gasteiger partial charge in [-0.05, 0) is 43.3 Å². The number of piperazine rings is 1. The molecule has 1 N–H and O–H groups in total. The van der Waals surface area contributed by atoms with Crippen molar-refractivity contribution in [3.05, 3.63) is 66.2 Å². The highest BCUT2D eigenvalue weighted by Gasteiger charge is 2.26. The molecular weight excluding hydrogens is 360 g/mol. The van der Waals surface area contributed by atoms with E-state index in [1.807, 2.05) is 24.3 Å². The number of halogens is 2. The summed E-state index contributed by atoms with van der Waals surface area (Å²) in [5.74, 6) is 0.593. The van der Waals surface area contributed by atoms with E-state index >= 15 is 0 Å². The standard InChI is InChI=1S/C22H23F2N3O/c1-15-14-26(19-8-3-4-9-20(19)28-2)12-13-27(15)21-11-10-18(25-21)22-16(23)6-5-7-17(22)24/h3-11,15,25H,12-14H2,1-2H3. The Labute approximate surface area is 163 Å². The predicted octanol–water partition coefficient (Wildman–Crippen LogP) is 4.68. The Morgan fingerprint density at radius 1 is 0.964 bits per heavy atom. The van der Waals surface area contributed by atoms with Gasteiger partial charge in [0.1, 0.15) is 23.2 Å². The SMILES string of the molecule is COc1ccccc1N1CCN(c2ccc(-c3c(F)cccc3F)[nH]2)C(C)C1. The van der Waals surface area contributed by atoms with Gasteiger partial charge in [-0.15, -0.1) is 0 Å². The summed E-state index contributed by atoms with van der Waals surface area (Å²) in [5, 5.41) is 0. The molecule has 0 spiro atoms. The molecule has 1 aliphatic rings. The molecule has 0 aliphatic carbocycles. The van der Waals surface area contributed by atoms with Gasteiger partial charge >= 0.3 is 0 Å². The average Bonchev–Trinajstić information content (AvgIpc) is 3.17. The maximum absolute atomic E-state index is 14.1. The van der Waals surface area contributed by atoms with E-state index in [-0.39, 0.29) is 11.6 Å². The third-order valence-corrected chi connectivity index (χ3v) is 5.27. The predicted molar refractivity (Wildman–Crippen MR) is 108 cm³/mol. The van der Waals surface area contributed by atoms with Gasteiger partial charge in [0, 0.05) is 25.7 Å². The lowest BCUT2D eigenvalue weighted by Crippen LogP contribution is -2.52. The molecule has 0 amide bonds. The molecule has 1 aromatic heterocycles. The van der Waals surface area contributed by atoms with Gasteiger partial charge in [0.2, 0.25) is 0 Å². The molecule has 2 heterocycles. The molecule has 4 nitrogen and oxygen atoms in total. The van der Waals surface area contributed by atoms with E-state index in [2.05, 4.69) is 27.8 Å². The fourth-order valence-corrected chi connectivity index (χ4v) is 3.88. The van der Waals surface area contributed by atoms with Crippen molar-refractivity contribution >= 4 is 11.5 Å². The maximum atomic E-state index is 14.1. The van der Waals surface area contributed by atoms with Crippen molar-refractivity contribution in [2.75, 3.05) is 36.5 Å². The maximum Gasteiger partial charge on any atom is 0.142 e.